The Morgan fingerprint density at radius 3 is 2.32 bits per heavy atom. The van der Waals surface area contributed by atoms with E-state index < -0.39 is 27.5 Å². The number of hydrogen-bond acceptors (Lipinski definition) is 5. The average molecular weight is 405 g/mol. The van der Waals surface area contributed by atoms with Crippen LogP contribution in [0.5, 0.6) is 5.75 Å². The van der Waals surface area contributed by atoms with Gasteiger partial charge in [0.25, 0.3) is 0 Å². The summed E-state index contributed by atoms with van der Waals surface area (Å²) in [7, 11) is -3.31. The van der Waals surface area contributed by atoms with Gasteiger partial charge in [0.1, 0.15) is 0 Å². The maximum Gasteiger partial charge on any atom is 0.181 e. The van der Waals surface area contributed by atoms with Gasteiger partial charge in [-0.15, -0.1) is 0 Å². The molecule has 2 aliphatic rings. The van der Waals surface area contributed by atoms with Crippen LogP contribution in [0, 0.1) is 17.7 Å². The molecule has 4 rings (SSSR count). The van der Waals surface area contributed by atoms with Crippen LogP contribution in [0.1, 0.15) is 24.5 Å². The van der Waals surface area contributed by atoms with E-state index in [1.165, 1.54) is 12.1 Å². The number of phenolic OH excluding ortho intramolecular Hbond substituents is 1. The largest absolute Gasteiger partial charge is 0.505 e. The summed E-state index contributed by atoms with van der Waals surface area (Å²) in [6, 6.07) is 12.5. The first kappa shape index (κ1) is 19.4. The lowest BCUT2D eigenvalue weighted by atomic mass is 10.0. The van der Waals surface area contributed by atoms with Gasteiger partial charge in [-0.25, -0.2) is 12.8 Å². The van der Waals surface area contributed by atoms with Crippen molar-refractivity contribution in [3.05, 3.63) is 59.9 Å². The van der Waals surface area contributed by atoms with Crippen molar-refractivity contribution in [1.82, 2.24) is 4.90 Å². The number of nitrogens with zero attached hydrogens (tertiary/aromatic N) is 1. The molecule has 0 bridgehead atoms. The molecule has 2 fully saturated rings. The van der Waals surface area contributed by atoms with E-state index in [0.717, 1.165) is 19.2 Å². The number of aliphatic hydroxyl groups excluding tert-OH is 1. The number of sulfone groups is 1. The highest BCUT2D eigenvalue weighted by Crippen LogP contribution is 2.42. The van der Waals surface area contributed by atoms with Crippen LogP contribution >= 0.6 is 0 Å². The zero-order chi connectivity index (χ0) is 19.9. The molecule has 150 valence electrons. The molecule has 1 saturated heterocycles. The molecule has 7 heteroatoms. The smallest absolute Gasteiger partial charge is 0.181 e. The molecule has 28 heavy (non-hydrogen) atoms. The molecular weight excluding hydrogens is 381 g/mol. The molecule has 0 radical (unpaired) electrons. The number of aromatic hydroxyl groups is 1. The second-order valence-corrected chi connectivity index (χ2v) is 10.1. The number of likely N-dealkylation sites (tertiary alicyclic amines) is 1. The van der Waals surface area contributed by atoms with Crippen molar-refractivity contribution in [2.24, 2.45) is 11.8 Å². The summed E-state index contributed by atoms with van der Waals surface area (Å²) in [5.41, 5.74) is 0.428. The number of β-amino-alcohol motifs (C(OH)–C–C–N with tert-alkyl or cyclic N) is 1. The normalized spacial score (nSPS) is 26.3. The Hall–Kier alpha value is -1.96. The maximum absolute atomic E-state index is 13.5. The molecule has 2 N–H and O–H groups in total. The third-order valence-electron chi connectivity index (χ3n) is 6.08. The first-order valence-electron chi connectivity index (χ1n) is 9.52. The second-order valence-electron chi connectivity index (χ2n) is 7.92. The third-order valence-corrected chi connectivity index (χ3v) is 8.27. The Balaban J connectivity index is 1.37. The van der Waals surface area contributed by atoms with Gasteiger partial charge in [-0.1, -0.05) is 24.3 Å². The molecular formula is C21H24FNO4S. The van der Waals surface area contributed by atoms with E-state index >= 15 is 0 Å². The van der Waals surface area contributed by atoms with E-state index in [0.29, 0.717) is 41.7 Å². The molecule has 0 amide bonds. The molecule has 1 saturated carbocycles. The summed E-state index contributed by atoms with van der Waals surface area (Å²) in [4.78, 5) is 2.51. The van der Waals surface area contributed by atoms with Gasteiger partial charge in [0.2, 0.25) is 0 Å². The van der Waals surface area contributed by atoms with Crippen molar-refractivity contribution in [3.63, 3.8) is 0 Å². The third kappa shape index (κ3) is 3.66. The fourth-order valence-corrected chi connectivity index (χ4v) is 6.55. The molecule has 5 nitrogen and oxygen atoms in total. The lowest BCUT2D eigenvalue weighted by molar-refractivity contribution is 0.121. The molecule has 2 unspecified atom stereocenters. The summed E-state index contributed by atoms with van der Waals surface area (Å²) >= 11 is 0. The maximum atomic E-state index is 13.5. The zero-order valence-corrected chi connectivity index (χ0v) is 16.2. The lowest BCUT2D eigenvalue weighted by Crippen LogP contribution is -2.29. The van der Waals surface area contributed by atoms with Crippen LogP contribution in [0.3, 0.4) is 0 Å². The van der Waals surface area contributed by atoms with E-state index in [1.54, 1.807) is 24.3 Å². The van der Waals surface area contributed by atoms with Crippen LogP contribution in [0.4, 0.5) is 4.39 Å². The van der Waals surface area contributed by atoms with Gasteiger partial charge in [-0.2, -0.15) is 0 Å². The van der Waals surface area contributed by atoms with E-state index in [-0.39, 0.29) is 5.25 Å². The van der Waals surface area contributed by atoms with Crippen molar-refractivity contribution in [2.75, 3.05) is 19.6 Å². The van der Waals surface area contributed by atoms with Crippen molar-refractivity contribution >= 4 is 9.84 Å². The number of aliphatic hydroxyl groups is 1. The molecule has 4 atom stereocenters. The van der Waals surface area contributed by atoms with E-state index in [4.69, 9.17) is 0 Å². The van der Waals surface area contributed by atoms with Gasteiger partial charge in [0.05, 0.1) is 16.2 Å². The van der Waals surface area contributed by atoms with Crippen molar-refractivity contribution in [3.8, 4) is 5.75 Å². The number of rotatable bonds is 5. The molecule has 1 aliphatic carbocycles. The summed E-state index contributed by atoms with van der Waals surface area (Å²) in [6.07, 6.45) is 0.433. The van der Waals surface area contributed by atoms with Gasteiger partial charge >= 0.3 is 0 Å². The Labute approximate surface area is 164 Å². The van der Waals surface area contributed by atoms with Crippen molar-refractivity contribution < 1.29 is 23.0 Å². The predicted octanol–water partition coefficient (Wildman–Crippen LogP) is 2.75. The van der Waals surface area contributed by atoms with E-state index in [1.807, 2.05) is 6.07 Å². The van der Waals surface area contributed by atoms with E-state index in [9.17, 15) is 23.0 Å². The van der Waals surface area contributed by atoms with Crippen molar-refractivity contribution in [2.45, 2.75) is 29.1 Å². The van der Waals surface area contributed by atoms with Crippen LogP contribution < -0.4 is 0 Å². The summed E-state index contributed by atoms with van der Waals surface area (Å²) in [6.45, 7) is 1.85. The highest BCUT2D eigenvalue weighted by Gasteiger charge is 2.45. The highest BCUT2D eigenvalue weighted by molar-refractivity contribution is 7.92. The van der Waals surface area contributed by atoms with Crippen molar-refractivity contribution in [1.29, 1.82) is 0 Å². The van der Waals surface area contributed by atoms with Gasteiger partial charge in [0.15, 0.2) is 21.4 Å². The number of halogens is 1. The van der Waals surface area contributed by atoms with Crippen LogP contribution in [0.25, 0.3) is 0 Å². The summed E-state index contributed by atoms with van der Waals surface area (Å²) < 4.78 is 39.2. The van der Waals surface area contributed by atoms with Gasteiger partial charge in [-0.3, -0.25) is 4.90 Å². The van der Waals surface area contributed by atoms with Crippen LogP contribution in [0.2, 0.25) is 0 Å². The lowest BCUT2D eigenvalue weighted by Gasteiger charge is -2.22. The topological polar surface area (TPSA) is 77.8 Å². The van der Waals surface area contributed by atoms with Gasteiger partial charge < -0.3 is 10.2 Å². The fraction of sp³-hybridized carbons (Fsp3) is 0.429. The number of benzene rings is 2. The standard InChI is InChI=1S/C21H24FNO4S/c22-19-10-14(6-7-20(19)24)21(25)13-23-11-15-8-18(9-16(15)12-23)28(26,27)17-4-2-1-3-5-17/h1-7,10,15-16,18,21,24-25H,8-9,11-13H2/t15-,16+,18?,21?. The number of fused-ring (bicyclic) bond motifs is 1. The number of phenols is 1. The second kappa shape index (κ2) is 7.46. The summed E-state index contributed by atoms with van der Waals surface area (Å²) in [5, 5.41) is 19.3. The van der Waals surface area contributed by atoms with Gasteiger partial charge in [0, 0.05) is 19.6 Å². The first-order valence-corrected chi connectivity index (χ1v) is 11.1. The summed E-state index contributed by atoms with van der Waals surface area (Å²) in [5.74, 6) is -0.583. The highest BCUT2D eigenvalue weighted by atomic mass is 32.2. The SMILES string of the molecule is O=S(=O)(c1ccccc1)C1C[C@@H]2CN(CC(O)c3ccc(O)c(F)c3)C[C@@H]2C1. The first-order chi connectivity index (χ1) is 13.3. The Morgan fingerprint density at radius 2 is 1.71 bits per heavy atom. The minimum Gasteiger partial charge on any atom is -0.505 e. The predicted molar refractivity (Wildman–Crippen MR) is 103 cm³/mol. The zero-order valence-electron chi connectivity index (χ0n) is 15.4. The minimum atomic E-state index is -3.31. The molecule has 2 aromatic rings. The number of hydrogen-bond donors (Lipinski definition) is 2. The van der Waals surface area contributed by atoms with E-state index in [2.05, 4.69) is 4.90 Å². The van der Waals surface area contributed by atoms with Crippen LogP contribution in [0.15, 0.2) is 53.4 Å². The van der Waals surface area contributed by atoms with Crippen LogP contribution in [-0.4, -0.2) is 48.4 Å². The van der Waals surface area contributed by atoms with Crippen LogP contribution in [-0.2, 0) is 9.84 Å². The molecule has 2 aromatic carbocycles. The molecule has 1 aliphatic heterocycles. The average Bonchev–Trinajstić information content (AvgIpc) is 3.23. The fourth-order valence-electron chi connectivity index (χ4n) is 4.63. The molecule has 0 aromatic heterocycles. The van der Waals surface area contributed by atoms with Gasteiger partial charge in [-0.05, 0) is 54.5 Å². The molecule has 1 heterocycles. The minimum absolute atomic E-state index is 0.298. The Bertz CT molecular complexity index is 936. The molecule has 0 spiro atoms. The quantitative estimate of drug-likeness (QED) is 0.800. The monoisotopic (exact) mass is 405 g/mol. The Kier molecular flexibility index (Phi) is 5.16. The Morgan fingerprint density at radius 1 is 1.07 bits per heavy atom.